The fourth-order valence-electron chi connectivity index (χ4n) is 1.83. The molecule has 5 nitrogen and oxygen atoms in total. The summed E-state index contributed by atoms with van der Waals surface area (Å²) in [7, 11) is 1.53. The van der Waals surface area contributed by atoms with Crippen molar-refractivity contribution >= 4 is 5.91 Å². The number of aliphatic hydroxyl groups excluding tert-OH is 1. The lowest BCUT2D eigenvalue weighted by molar-refractivity contribution is -0.127. The third kappa shape index (κ3) is 3.63. The van der Waals surface area contributed by atoms with E-state index in [-0.39, 0.29) is 5.91 Å². The van der Waals surface area contributed by atoms with Crippen LogP contribution in [-0.4, -0.2) is 30.3 Å². The van der Waals surface area contributed by atoms with E-state index in [1.807, 2.05) is 0 Å². The standard InChI is InChI=1S/C15H21NO4/c1-9(17)11-4-7-13(14(8-11)19-3)20-10(2)15(18)16-12-5-6-12/h4,7-10,12,17H,5-6H2,1-3H3,(H,16,18)/t9-,10?/m1/s1. The zero-order valence-electron chi connectivity index (χ0n) is 12.1. The molecule has 2 N–H and O–H groups in total. The van der Waals surface area contributed by atoms with E-state index >= 15 is 0 Å². The van der Waals surface area contributed by atoms with Gasteiger partial charge in [-0.15, -0.1) is 0 Å². The molecule has 20 heavy (non-hydrogen) atoms. The van der Waals surface area contributed by atoms with Crippen molar-refractivity contribution in [2.75, 3.05) is 7.11 Å². The first kappa shape index (κ1) is 14.7. The molecule has 0 saturated heterocycles. The molecule has 2 atom stereocenters. The van der Waals surface area contributed by atoms with Crippen molar-refractivity contribution in [2.45, 2.75) is 44.9 Å². The van der Waals surface area contributed by atoms with E-state index in [0.29, 0.717) is 17.5 Å². The number of aliphatic hydroxyl groups is 1. The number of nitrogens with one attached hydrogen (secondary N) is 1. The van der Waals surface area contributed by atoms with Crippen LogP contribution in [0.25, 0.3) is 0 Å². The van der Waals surface area contributed by atoms with Crippen LogP contribution in [0.4, 0.5) is 0 Å². The second-order valence-corrected chi connectivity index (χ2v) is 5.13. The van der Waals surface area contributed by atoms with Crippen LogP contribution in [0.2, 0.25) is 0 Å². The van der Waals surface area contributed by atoms with Gasteiger partial charge in [0, 0.05) is 6.04 Å². The number of amides is 1. The first-order valence-electron chi connectivity index (χ1n) is 6.84. The van der Waals surface area contributed by atoms with Gasteiger partial charge < -0.3 is 19.9 Å². The Kier molecular flexibility index (Phi) is 4.49. The Bertz CT molecular complexity index is 483. The van der Waals surface area contributed by atoms with Crippen molar-refractivity contribution in [3.05, 3.63) is 23.8 Å². The first-order valence-corrected chi connectivity index (χ1v) is 6.84. The molecule has 0 aliphatic heterocycles. The van der Waals surface area contributed by atoms with Gasteiger partial charge in [0.1, 0.15) is 0 Å². The molecular formula is C15H21NO4. The van der Waals surface area contributed by atoms with Gasteiger partial charge in [0.05, 0.1) is 13.2 Å². The Labute approximate surface area is 118 Å². The Morgan fingerprint density at radius 3 is 2.60 bits per heavy atom. The number of hydrogen-bond donors (Lipinski definition) is 2. The maximum Gasteiger partial charge on any atom is 0.260 e. The molecule has 0 aromatic heterocycles. The van der Waals surface area contributed by atoms with Gasteiger partial charge in [-0.05, 0) is 44.4 Å². The minimum atomic E-state index is -0.582. The van der Waals surface area contributed by atoms with E-state index in [9.17, 15) is 9.90 Å². The van der Waals surface area contributed by atoms with Gasteiger partial charge in [0.15, 0.2) is 17.6 Å². The molecule has 0 spiro atoms. The summed E-state index contributed by atoms with van der Waals surface area (Å²) in [6, 6.07) is 5.49. The van der Waals surface area contributed by atoms with Crippen LogP contribution < -0.4 is 14.8 Å². The summed E-state index contributed by atoms with van der Waals surface area (Å²) in [5.41, 5.74) is 0.740. The molecule has 2 rings (SSSR count). The predicted molar refractivity (Wildman–Crippen MR) is 74.9 cm³/mol. The van der Waals surface area contributed by atoms with E-state index in [1.54, 1.807) is 32.0 Å². The zero-order chi connectivity index (χ0) is 14.7. The van der Waals surface area contributed by atoms with Gasteiger partial charge in [-0.25, -0.2) is 0 Å². The third-order valence-corrected chi connectivity index (χ3v) is 3.27. The minimum absolute atomic E-state index is 0.117. The second kappa shape index (κ2) is 6.13. The molecule has 1 aromatic rings. The third-order valence-electron chi connectivity index (χ3n) is 3.27. The second-order valence-electron chi connectivity index (χ2n) is 5.13. The van der Waals surface area contributed by atoms with Crippen molar-refractivity contribution in [3.63, 3.8) is 0 Å². The number of methoxy groups -OCH3 is 1. The number of hydrogen-bond acceptors (Lipinski definition) is 4. The van der Waals surface area contributed by atoms with Crippen LogP contribution >= 0.6 is 0 Å². The predicted octanol–water partition coefficient (Wildman–Crippen LogP) is 1.79. The molecule has 1 saturated carbocycles. The fourth-order valence-corrected chi connectivity index (χ4v) is 1.83. The minimum Gasteiger partial charge on any atom is -0.493 e. The lowest BCUT2D eigenvalue weighted by Gasteiger charge is -2.17. The molecule has 0 heterocycles. The summed E-state index contributed by atoms with van der Waals surface area (Å²) in [5.74, 6) is 0.888. The lowest BCUT2D eigenvalue weighted by atomic mass is 10.1. The summed E-state index contributed by atoms with van der Waals surface area (Å²) >= 11 is 0. The van der Waals surface area contributed by atoms with Crippen LogP contribution in [0, 0.1) is 0 Å². The summed E-state index contributed by atoms with van der Waals surface area (Å²) in [5, 5.41) is 12.4. The number of carbonyl (C=O) groups is 1. The summed E-state index contributed by atoms with van der Waals surface area (Å²) in [4.78, 5) is 11.9. The molecule has 110 valence electrons. The Morgan fingerprint density at radius 2 is 2.05 bits per heavy atom. The highest BCUT2D eigenvalue weighted by Gasteiger charge is 2.26. The van der Waals surface area contributed by atoms with E-state index in [4.69, 9.17) is 9.47 Å². The highest BCUT2D eigenvalue weighted by Crippen LogP contribution is 2.31. The maximum atomic E-state index is 11.9. The van der Waals surface area contributed by atoms with Gasteiger partial charge in [0.2, 0.25) is 0 Å². The van der Waals surface area contributed by atoms with Crippen molar-refractivity contribution < 1.29 is 19.4 Å². The molecule has 0 bridgehead atoms. The van der Waals surface area contributed by atoms with Crippen molar-refractivity contribution in [1.82, 2.24) is 5.32 Å². The van der Waals surface area contributed by atoms with E-state index < -0.39 is 12.2 Å². The molecule has 1 aromatic carbocycles. The monoisotopic (exact) mass is 279 g/mol. The zero-order valence-corrected chi connectivity index (χ0v) is 12.1. The number of ether oxygens (including phenoxy) is 2. The molecular weight excluding hydrogens is 258 g/mol. The fraction of sp³-hybridized carbons (Fsp3) is 0.533. The highest BCUT2D eigenvalue weighted by molar-refractivity contribution is 5.81. The summed E-state index contributed by atoms with van der Waals surface area (Å²) < 4.78 is 10.9. The van der Waals surface area contributed by atoms with Crippen LogP contribution in [0.5, 0.6) is 11.5 Å². The van der Waals surface area contributed by atoms with E-state index in [1.165, 1.54) is 7.11 Å². The van der Waals surface area contributed by atoms with E-state index in [0.717, 1.165) is 18.4 Å². The average Bonchev–Trinajstić information content (AvgIpc) is 3.22. The maximum absolute atomic E-state index is 11.9. The lowest BCUT2D eigenvalue weighted by Crippen LogP contribution is -2.37. The van der Waals surface area contributed by atoms with Gasteiger partial charge >= 0.3 is 0 Å². The van der Waals surface area contributed by atoms with E-state index in [2.05, 4.69) is 5.32 Å². The number of rotatable bonds is 6. The molecule has 1 fully saturated rings. The molecule has 1 aliphatic carbocycles. The molecule has 1 aliphatic rings. The Balaban J connectivity index is 2.05. The van der Waals surface area contributed by atoms with Crippen molar-refractivity contribution in [1.29, 1.82) is 0 Å². The summed E-state index contributed by atoms with van der Waals surface area (Å²) in [6.07, 6.45) is 0.936. The topological polar surface area (TPSA) is 67.8 Å². The Morgan fingerprint density at radius 1 is 1.35 bits per heavy atom. The highest BCUT2D eigenvalue weighted by atomic mass is 16.5. The van der Waals surface area contributed by atoms with Crippen LogP contribution in [0.3, 0.4) is 0 Å². The van der Waals surface area contributed by atoms with Crippen LogP contribution in [-0.2, 0) is 4.79 Å². The molecule has 1 amide bonds. The summed E-state index contributed by atoms with van der Waals surface area (Å²) in [6.45, 7) is 3.39. The van der Waals surface area contributed by atoms with Gasteiger partial charge in [-0.3, -0.25) is 4.79 Å². The number of benzene rings is 1. The first-order chi connectivity index (χ1) is 9.51. The largest absolute Gasteiger partial charge is 0.493 e. The SMILES string of the molecule is COc1cc([C@@H](C)O)ccc1OC(C)C(=O)NC1CC1. The van der Waals surface area contributed by atoms with Gasteiger partial charge in [0.25, 0.3) is 5.91 Å². The van der Waals surface area contributed by atoms with Crippen molar-refractivity contribution in [3.8, 4) is 11.5 Å². The van der Waals surface area contributed by atoms with Gasteiger partial charge in [-0.1, -0.05) is 6.07 Å². The normalized spacial score (nSPS) is 17.2. The number of carbonyl (C=O) groups excluding carboxylic acids is 1. The molecule has 5 heteroatoms. The quantitative estimate of drug-likeness (QED) is 0.833. The Hall–Kier alpha value is -1.75. The smallest absolute Gasteiger partial charge is 0.260 e. The van der Waals surface area contributed by atoms with Crippen LogP contribution in [0.1, 0.15) is 38.4 Å². The van der Waals surface area contributed by atoms with Crippen LogP contribution in [0.15, 0.2) is 18.2 Å². The van der Waals surface area contributed by atoms with Gasteiger partial charge in [-0.2, -0.15) is 0 Å². The molecule has 1 unspecified atom stereocenters. The molecule has 0 radical (unpaired) electrons. The average molecular weight is 279 g/mol. The van der Waals surface area contributed by atoms with Crippen molar-refractivity contribution in [2.24, 2.45) is 0 Å².